The van der Waals surface area contributed by atoms with E-state index in [2.05, 4.69) is 15.5 Å². The third-order valence-electron chi connectivity index (χ3n) is 4.27. The number of ether oxygens (including phenoxy) is 1. The summed E-state index contributed by atoms with van der Waals surface area (Å²) in [5.74, 6) is -0.0233. The van der Waals surface area contributed by atoms with Gasteiger partial charge in [0.05, 0.1) is 18.9 Å². The van der Waals surface area contributed by atoms with Gasteiger partial charge in [0.1, 0.15) is 0 Å². The van der Waals surface area contributed by atoms with Crippen LogP contribution in [0.2, 0.25) is 0 Å². The molecule has 0 radical (unpaired) electrons. The second kappa shape index (κ2) is 9.43. The van der Waals surface area contributed by atoms with Gasteiger partial charge in [0.25, 0.3) is 0 Å². The number of morpholine rings is 1. The average Bonchev–Trinajstić information content (AvgIpc) is 2.69. The number of anilines is 1. The predicted molar refractivity (Wildman–Crippen MR) is 108 cm³/mol. The van der Waals surface area contributed by atoms with Gasteiger partial charge in [0.2, 0.25) is 0 Å². The Kier molecular flexibility index (Phi) is 6.71. The van der Waals surface area contributed by atoms with E-state index in [-0.39, 0.29) is 5.78 Å². The maximum atomic E-state index is 12.7. The number of rotatable bonds is 6. The summed E-state index contributed by atoms with van der Waals surface area (Å²) in [5, 5.41) is 6.89. The first-order valence-corrected chi connectivity index (χ1v) is 9.18. The van der Waals surface area contributed by atoms with Gasteiger partial charge in [-0.25, -0.2) is 0 Å². The maximum Gasteiger partial charge on any atom is 0.195 e. The second-order valence-corrected chi connectivity index (χ2v) is 6.48. The fourth-order valence-corrected chi connectivity index (χ4v) is 3.07. The molecule has 5 nitrogen and oxygen atoms in total. The molecule has 0 unspecified atom stereocenters. The molecule has 0 atom stereocenters. The van der Waals surface area contributed by atoms with E-state index in [4.69, 9.17) is 17.0 Å². The molecule has 2 N–H and O–H groups in total. The van der Waals surface area contributed by atoms with Crippen LogP contribution < -0.4 is 10.6 Å². The lowest BCUT2D eigenvalue weighted by Gasteiger charge is -2.26. The van der Waals surface area contributed by atoms with Crippen LogP contribution in [0.1, 0.15) is 15.9 Å². The number of carbonyl (C=O) groups excluding carboxylic acids is 1. The number of hydrogen-bond acceptors (Lipinski definition) is 4. The number of thiocarbonyl (C=S) groups is 1. The Morgan fingerprint density at radius 3 is 2.50 bits per heavy atom. The quantitative estimate of drug-likeness (QED) is 0.603. The Labute approximate surface area is 159 Å². The van der Waals surface area contributed by atoms with Crippen molar-refractivity contribution in [3.63, 3.8) is 0 Å². The highest BCUT2D eigenvalue weighted by atomic mass is 32.1. The minimum absolute atomic E-state index is 0.0233. The van der Waals surface area contributed by atoms with E-state index >= 15 is 0 Å². The molecule has 1 saturated heterocycles. The van der Waals surface area contributed by atoms with Crippen LogP contribution in [-0.4, -0.2) is 55.2 Å². The molecule has 1 heterocycles. The van der Waals surface area contributed by atoms with Gasteiger partial charge in [-0.15, -0.1) is 0 Å². The van der Waals surface area contributed by atoms with E-state index in [1.807, 2.05) is 54.6 Å². The van der Waals surface area contributed by atoms with Gasteiger partial charge in [-0.1, -0.05) is 42.5 Å². The topological polar surface area (TPSA) is 53.6 Å². The highest BCUT2D eigenvalue weighted by Crippen LogP contribution is 2.19. The van der Waals surface area contributed by atoms with E-state index < -0.39 is 0 Å². The fraction of sp³-hybridized carbons (Fsp3) is 0.300. The summed E-state index contributed by atoms with van der Waals surface area (Å²) >= 11 is 5.39. The van der Waals surface area contributed by atoms with Crippen molar-refractivity contribution >= 4 is 28.8 Å². The Morgan fingerprint density at radius 2 is 1.73 bits per heavy atom. The van der Waals surface area contributed by atoms with Crippen LogP contribution >= 0.6 is 12.2 Å². The van der Waals surface area contributed by atoms with Crippen LogP contribution in [0.4, 0.5) is 5.69 Å². The van der Waals surface area contributed by atoms with Crippen LogP contribution in [0.25, 0.3) is 0 Å². The van der Waals surface area contributed by atoms with E-state index in [9.17, 15) is 4.79 Å². The van der Waals surface area contributed by atoms with Crippen LogP contribution in [0.15, 0.2) is 54.6 Å². The molecule has 0 spiro atoms. The molecule has 26 heavy (non-hydrogen) atoms. The SMILES string of the molecule is O=C(c1ccccc1)c1ccccc1NC(=S)NCCN1CCOCC1. The third kappa shape index (κ3) is 5.11. The molecule has 1 fully saturated rings. The van der Waals surface area contributed by atoms with Crippen molar-refractivity contribution in [3.05, 3.63) is 65.7 Å². The Morgan fingerprint density at radius 1 is 1.04 bits per heavy atom. The number of nitrogens with one attached hydrogen (secondary N) is 2. The van der Waals surface area contributed by atoms with E-state index in [1.165, 1.54) is 0 Å². The minimum atomic E-state index is -0.0233. The molecule has 136 valence electrons. The zero-order chi connectivity index (χ0) is 18.2. The smallest absolute Gasteiger partial charge is 0.195 e. The second-order valence-electron chi connectivity index (χ2n) is 6.08. The van der Waals surface area contributed by atoms with Gasteiger partial charge < -0.3 is 15.4 Å². The summed E-state index contributed by atoms with van der Waals surface area (Å²) in [5.41, 5.74) is 1.98. The summed E-state index contributed by atoms with van der Waals surface area (Å²) in [6, 6.07) is 16.7. The van der Waals surface area contributed by atoms with Gasteiger partial charge >= 0.3 is 0 Å². The molecule has 2 aromatic carbocycles. The molecule has 0 saturated carbocycles. The first-order chi connectivity index (χ1) is 12.7. The zero-order valence-electron chi connectivity index (χ0n) is 14.6. The molecular weight excluding hydrogens is 346 g/mol. The molecule has 0 aromatic heterocycles. The summed E-state index contributed by atoms with van der Waals surface area (Å²) in [6.45, 7) is 5.15. The highest BCUT2D eigenvalue weighted by molar-refractivity contribution is 7.80. The number of benzene rings is 2. The summed E-state index contributed by atoms with van der Waals surface area (Å²) < 4.78 is 5.35. The van der Waals surface area contributed by atoms with Crippen molar-refractivity contribution in [2.45, 2.75) is 0 Å². The normalized spacial score (nSPS) is 14.6. The molecule has 6 heteroatoms. The third-order valence-corrected chi connectivity index (χ3v) is 4.52. The predicted octanol–water partition coefficient (Wildman–Crippen LogP) is 2.54. The number of ketones is 1. The lowest BCUT2D eigenvalue weighted by atomic mass is 10.0. The monoisotopic (exact) mass is 369 g/mol. The standard InChI is InChI=1S/C20H23N3O2S/c24-19(16-6-2-1-3-7-16)17-8-4-5-9-18(17)22-20(26)21-10-11-23-12-14-25-15-13-23/h1-9H,10-15H2,(H2,21,22,26). The van der Waals surface area contributed by atoms with Crippen molar-refractivity contribution in [1.82, 2.24) is 10.2 Å². The van der Waals surface area contributed by atoms with Crippen molar-refractivity contribution in [3.8, 4) is 0 Å². The number of hydrogen-bond donors (Lipinski definition) is 2. The molecule has 1 aliphatic heterocycles. The molecule has 3 rings (SSSR count). The Hall–Kier alpha value is -2.28. The molecule has 0 amide bonds. The first kappa shape index (κ1) is 18.5. The number of nitrogens with zero attached hydrogens (tertiary/aromatic N) is 1. The minimum Gasteiger partial charge on any atom is -0.379 e. The van der Waals surface area contributed by atoms with Crippen LogP contribution in [0.5, 0.6) is 0 Å². The van der Waals surface area contributed by atoms with E-state index in [0.717, 1.165) is 39.4 Å². The van der Waals surface area contributed by atoms with Gasteiger partial charge in [0, 0.05) is 37.3 Å². The largest absolute Gasteiger partial charge is 0.379 e. The van der Waals surface area contributed by atoms with Gasteiger partial charge in [-0.2, -0.15) is 0 Å². The first-order valence-electron chi connectivity index (χ1n) is 8.78. The highest BCUT2D eigenvalue weighted by Gasteiger charge is 2.14. The van der Waals surface area contributed by atoms with Crippen molar-refractivity contribution in [1.29, 1.82) is 0 Å². The average molecular weight is 369 g/mol. The zero-order valence-corrected chi connectivity index (χ0v) is 15.4. The molecule has 0 bridgehead atoms. The summed E-state index contributed by atoms with van der Waals surface area (Å²) in [6.07, 6.45) is 0. The fourth-order valence-electron chi connectivity index (χ4n) is 2.85. The van der Waals surface area contributed by atoms with Crippen molar-refractivity contribution in [2.24, 2.45) is 0 Å². The summed E-state index contributed by atoms with van der Waals surface area (Å²) in [7, 11) is 0. The van der Waals surface area contributed by atoms with Gasteiger partial charge in [-0.05, 0) is 24.4 Å². The van der Waals surface area contributed by atoms with Gasteiger partial charge in [0.15, 0.2) is 10.9 Å². The van der Waals surface area contributed by atoms with Crippen LogP contribution in [0.3, 0.4) is 0 Å². The number of para-hydroxylation sites is 1. The molecule has 1 aliphatic rings. The van der Waals surface area contributed by atoms with Crippen LogP contribution in [-0.2, 0) is 4.74 Å². The lowest BCUT2D eigenvalue weighted by Crippen LogP contribution is -2.42. The van der Waals surface area contributed by atoms with E-state index in [1.54, 1.807) is 0 Å². The van der Waals surface area contributed by atoms with E-state index in [0.29, 0.717) is 21.9 Å². The molecule has 0 aliphatic carbocycles. The lowest BCUT2D eigenvalue weighted by molar-refractivity contribution is 0.0389. The number of carbonyl (C=O) groups is 1. The van der Waals surface area contributed by atoms with Crippen molar-refractivity contribution < 1.29 is 9.53 Å². The Bertz CT molecular complexity index is 746. The van der Waals surface area contributed by atoms with Crippen molar-refractivity contribution in [2.75, 3.05) is 44.7 Å². The Balaban J connectivity index is 1.57. The maximum absolute atomic E-state index is 12.7. The van der Waals surface area contributed by atoms with Crippen LogP contribution in [0, 0.1) is 0 Å². The molecule has 2 aromatic rings. The molecular formula is C20H23N3O2S. The summed E-state index contributed by atoms with van der Waals surface area (Å²) in [4.78, 5) is 15.1. The van der Waals surface area contributed by atoms with Gasteiger partial charge in [-0.3, -0.25) is 9.69 Å².